The standard InChI is InChI=1S/C20H21ClN4O/c1-4-26-18-11-6-5-9-17(18)23-19-12-13(2)22-20(25-19)24-16-10-7-8-15(21)14(16)3/h5-12H,4H2,1-3H3,(H2,22,23,24,25). The van der Waals surface area contributed by atoms with E-state index in [2.05, 4.69) is 20.6 Å². The molecular formula is C20H21ClN4O. The Morgan fingerprint density at radius 1 is 0.962 bits per heavy atom. The first-order valence-corrected chi connectivity index (χ1v) is 8.81. The van der Waals surface area contributed by atoms with Crippen molar-refractivity contribution in [3.63, 3.8) is 0 Å². The van der Waals surface area contributed by atoms with Crippen molar-refractivity contribution >= 4 is 34.7 Å². The van der Waals surface area contributed by atoms with Gasteiger partial charge in [-0.15, -0.1) is 0 Å². The van der Waals surface area contributed by atoms with Crippen LogP contribution < -0.4 is 15.4 Å². The Morgan fingerprint density at radius 3 is 2.54 bits per heavy atom. The molecule has 0 atom stereocenters. The third kappa shape index (κ3) is 4.24. The van der Waals surface area contributed by atoms with Gasteiger partial charge in [0.25, 0.3) is 0 Å². The van der Waals surface area contributed by atoms with Crippen LogP contribution in [-0.2, 0) is 0 Å². The zero-order chi connectivity index (χ0) is 18.5. The van der Waals surface area contributed by atoms with Crippen LogP contribution in [-0.4, -0.2) is 16.6 Å². The number of benzene rings is 2. The van der Waals surface area contributed by atoms with Crippen molar-refractivity contribution < 1.29 is 4.74 Å². The molecule has 0 saturated carbocycles. The molecule has 0 amide bonds. The van der Waals surface area contributed by atoms with Gasteiger partial charge in [0.2, 0.25) is 5.95 Å². The first kappa shape index (κ1) is 18.0. The molecule has 0 aliphatic heterocycles. The number of hydrogen-bond donors (Lipinski definition) is 2. The van der Waals surface area contributed by atoms with Gasteiger partial charge in [-0.05, 0) is 50.6 Å². The van der Waals surface area contributed by atoms with Crippen molar-refractivity contribution in [3.8, 4) is 5.75 Å². The maximum absolute atomic E-state index is 6.19. The molecule has 0 aliphatic carbocycles. The highest BCUT2D eigenvalue weighted by atomic mass is 35.5. The highest BCUT2D eigenvalue weighted by Crippen LogP contribution is 2.28. The normalized spacial score (nSPS) is 10.5. The van der Waals surface area contributed by atoms with E-state index in [0.29, 0.717) is 23.4 Å². The van der Waals surface area contributed by atoms with Crippen LogP contribution >= 0.6 is 11.6 Å². The molecule has 0 aliphatic rings. The predicted molar refractivity (Wildman–Crippen MR) is 107 cm³/mol. The molecule has 0 unspecified atom stereocenters. The van der Waals surface area contributed by atoms with E-state index < -0.39 is 0 Å². The Balaban J connectivity index is 1.88. The van der Waals surface area contributed by atoms with Gasteiger partial charge in [-0.2, -0.15) is 4.98 Å². The molecule has 0 bridgehead atoms. The van der Waals surface area contributed by atoms with Gasteiger partial charge in [0.15, 0.2) is 0 Å². The van der Waals surface area contributed by atoms with Crippen molar-refractivity contribution in [2.45, 2.75) is 20.8 Å². The minimum atomic E-state index is 0.506. The van der Waals surface area contributed by atoms with Gasteiger partial charge < -0.3 is 15.4 Å². The van der Waals surface area contributed by atoms with Crippen molar-refractivity contribution in [2.24, 2.45) is 0 Å². The lowest BCUT2D eigenvalue weighted by Crippen LogP contribution is -2.04. The lowest BCUT2D eigenvalue weighted by molar-refractivity contribution is 0.342. The first-order valence-electron chi connectivity index (χ1n) is 8.43. The predicted octanol–water partition coefficient (Wildman–Crippen LogP) is 5.63. The van der Waals surface area contributed by atoms with Crippen LogP contribution in [0.5, 0.6) is 5.75 Å². The summed E-state index contributed by atoms with van der Waals surface area (Å²) in [5.74, 6) is 1.98. The van der Waals surface area contributed by atoms with E-state index in [9.17, 15) is 0 Å². The van der Waals surface area contributed by atoms with E-state index in [1.54, 1.807) is 0 Å². The Kier molecular flexibility index (Phi) is 5.58. The second-order valence-corrected chi connectivity index (χ2v) is 6.22. The lowest BCUT2D eigenvalue weighted by Gasteiger charge is -2.14. The van der Waals surface area contributed by atoms with E-state index in [1.165, 1.54) is 0 Å². The van der Waals surface area contributed by atoms with Gasteiger partial charge in [-0.3, -0.25) is 0 Å². The minimum absolute atomic E-state index is 0.506. The van der Waals surface area contributed by atoms with Crippen LogP contribution in [0.25, 0.3) is 0 Å². The smallest absolute Gasteiger partial charge is 0.229 e. The topological polar surface area (TPSA) is 59.1 Å². The van der Waals surface area contributed by atoms with Gasteiger partial charge in [-0.25, -0.2) is 4.98 Å². The summed E-state index contributed by atoms with van der Waals surface area (Å²) in [5.41, 5.74) is 3.54. The van der Waals surface area contributed by atoms with Crippen LogP contribution in [0.2, 0.25) is 5.02 Å². The van der Waals surface area contributed by atoms with E-state index in [1.807, 2.05) is 69.3 Å². The second kappa shape index (κ2) is 8.06. The fraction of sp³-hybridized carbons (Fsp3) is 0.200. The third-order valence-electron chi connectivity index (χ3n) is 3.82. The summed E-state index contributed by atoms with van der Waals surface area (Å²) in [5, 5.41) is 7.25. The number of rotatable bonds is 6. The van der Waals surface area contributed by atoms with Crippen LogP contribution in [0.4, 0.5) is 23.1 Å². The highest BCUT2D eigenvalue weighted by Gasteiger charge is 2.08. The zero-order valence-corrected chi connectivity index (χ0v) is 15.8. The molecule has 0 radical (unpaired) electrons. The summed E-state index contributed by atoms with van der Waals surface area (Å²) in [7, 11) is 0. The molecule has 134 valence electrons. The average molecular weight is 369 g/mol. The molecule has 3 aromatic rings. The maximum Gasteiger partial charge on any atom is 0.229 e. The number of para-hydroxylation sites is 2. The van der Waals surface area contributed by atoms with Gasteiger partial charge in [-0.1, -0.05) is 29.8 Å². The molecule has 26 heavy (non-hydrogen) atoms. The molecule has 0 fully saturated rings. The second-order valence-electron chi connectivity index (χ2n) is 5.81. The lowest BCUT2D eigenvalue weighted by atomic mass is 10.2. The van der Waals surface area contributed by atoms with E-state index in [0.717, 1.165) is 28.4 Å². The molecule has 2 N–H and O–H groups in total. The number of ether oxygens (including phenoxy) is 1. The first-order chi connectivity index (χ1) is 12.6. The SMILES string of the molecule is CCOc1ccccc1Nc1cc(C)nc(Nc2cccc(Cl)c2C)n1. The van der Waals surface area contributed by atoms with E-state index >= 15 is 0 Å². The number of aryl methyl sites for hydroxylation is 1. The number of hydrogen-bond acceptors (Lipinski definition) is 5. The van der Waals surface area contributed by atoms with Gasteiger partial charge in [0, 0.05) is 22.5 Å². The summed E-state index contributed by atoms with van der Waals surface area (Å²) in [6, 6.07) is 15.4. The number of nitrogens with zero attached hydrogens (tertiary/aromatic N) is 2. The van der Waals surface area contributed by atoms with Crippen LogP contribution in [0.1, 0.15) is 18.2 Å². The highest BCUT2D eigenvalue weighted by molar-refractivity contribution is 6.31. The summed E-state index contributed by atoms with van der Waals surface area (Å²) < 4.78 is 5.66. The largest absolute Gasteiger partial charge is 0.492 e. The molecule has 2 aromatic carbocycles. The fourth-order valence-corrected chi connectivity index (χ4v) is 2.72. The fourth-order valence-electron chi connectivity index (χ4n) is 2.54. The summed E-state index contributed by atoms with van der Waals surface area (Å²) in [6.45, 7) is 6.44. The van der Waals surface area contributed by atoms with E-state index in [-0.39, 0.29) is 0 Å². The Hall–Kier alpha value is -2.79. The molecule has 1 heterocycles. The van der Waals surface area contributed by atoms with Gasteiger partial charge >= 0.3 is 0 Å². The summed E-state index contributed by atoms with van der Waals surface area (Å²) in [4.78, 5) is 9.03. The minimum Gasteiger partial charge on any atom is -0.492 e. The molecule has 0 spiro atoms. The van der Waals surface area contributed by atoms with Gasteiger partial charge in [0.05, 0.1) is 12.3 Å². The van der Waals surface area contributed by atoms with Crippen molar-refractivity contribution in [1.29, 1.82) is 0 Å². The molecule has 0 saturated heterocycles. The van der Waals surface area contributed by atoms with Crippen LogP contribution in [0.3, 0.4) is 0 Å². The van der Waals surface area contributed by atoms with Crippen LogP contribution in [0, 0.1) is 13.8 Å². The molecule has 1 aromatic heterocycles. The Bertz CT molecular complexity index is 914. The summed E-state index contributed by atoms with van der Waals surface area (Å²) >= 11 is 6.19. The average Bonchev–Trinajstić information content (AvgIpc) is 2.60. The quantitative estimate of drug-likeness (QED) is 0.590. The monoisotopic (exact) mass is 368 g/mol. The number of halogens is 1. The molecule has 5 nitrogen and oxygen atoms in total. The van der Waals surface area contributed by atoms with Crippen molar-refractivity contribution in [3.05, 3.63) is 64.8 Å². The number of nitrogens with one attached hydrogen (secondary N) is 2. The van der Waals surface area contributed by atoms with E-state index in [4.69, 9.17) is 16.3 Å². The number of anilines is 4. The van der Waals surface area contributed by atoms with Crippen LogP contribution in [0.15, 0.2) is 48.5 Å². The third-order valence-corrected chi connectivity index (χ3v) is 4.23. The molecule has 6 heteroatoms. The van der Waals surface area contributed by atoms with Gasteiger partial charge in [0.1, 0.15) is 11.6 Å². The summed E-state index contributed by atoms with van der Waals surface area (Å²) in [6.07, 6.45) is 0. The van der Waals surface area contributed by atoms with Crippen molar-refractivity contribution in [2.75, 3.05) is 17.2 Å². The maximum atomic E-state index is 6.19. The number of aromatic nitrogens is 2. The van der Waals surface area contributed by atoms with Crippen molar-refractivity contribution in [1.82, 2.24) is 9.97 Å². The Morgan fingerprint density at radius 2 is 1.73 bits per heavy atom. The zero-order valence-electron chi connectivity index (χ0n) is 15.0. The molecule has 3 rings (SSSR count). The molecular weight excluding hydrogens is 348 g/mol. The Labute approximate surface area is 158 Å².